The van der Waals surface area contributed by atoms with Crippen molar-refractivity contribution in [2.45, 2.75) is 56.7 Å². The van der Waals surface area contributed by atoms with Crippen molar-refractivity contribution in [1.82, 2.24) is 0 Å². The van der Waals surface area contributed by atoms with Gasteiger partial charge in [0.15, 0.2) is 17.5 Å². The largest absolute Gasteiger partial charge is 0.392 e. The SMILES string of the molecule is CC1(C)C[C@H]2[C@@H]([C@H]1O)[C@@]1(C)C3(OC3C(=O)[C@@]13CO3)[C@H]2O. The van der Waals surface area contributed by atoms with E-state index in [4.69, 9.17) is 9.47 Å². The second-order valence-electron chi connectivity index (χ2n) is 8.25. The van der Waals surface area contributed by atoms with Crippen molar-refractivity contribution in [3.63, 3.8) is 0 Å². The highest BCUT2D eigenvalue weighted by molar-refractivity contribution is 6.02. The first-order chi connectivity index (χ1) is 9.24. The van der Waals surface area contributed by atoms with Gasteiger partial charge in [0.1, 0.15) is 5.60 Å². The maximum absolute atomic E-state index is 12.5. The molecule has 0 amide bonds. The molecule has 5 rings (SSSR count). The molecule has 3 saturated carbocycles. The second-order valence-corrected chi connectivity index (χ2v) is 8.25. The number of rotatable bonds is 0. The van der Waals surface area contributed by atoms with Gasteiger partial charge in [0.05, 0.1) is 18.8 Å². The monoisotopic (exact) mass is 280 g/mol. The Hall–Kier alpha value is -0.490. The van der Waals surface area contributed by atoms with Crippen LogP contribution in [0.15, 0.2) is 0 Å². The minimum Gasteiger partial charge on any atom is -0.392 e. The van der Waals surface area contributed by atoms with Gasteiger partial charge in [-0.2, -0.15) is 0 Å². The summed E-state index contributed by atoms with van der Waals surface area (Å²) in [5.74, 6) is -0.162. The Balaban J connectivity index is 1.73. The van der Waals surface area contributed by atoms with Gasteiger partial charge in [0.25, 0.3) is 0 Å². The van der Waals surface area contributed by atoms with E-state index in [1.54, 1.807) is 0 Å². The molecular formula is C15H20O5. The predicted molar refractivity (Wildman–Crippen MR) is 66.8 cm³/mol. The van der Waals surface area contributed by atoms with Crippen molar-refractivity contribution in [1.29, 1.82) is 0 Å². The van der Waals surface area contributed by atoms with Gasteiger partial charge in [-0.25, -0.2) is 0 Å². The summed E-state index contributed by atoms with van der Waals surface area (Å²) < 4.78 is 11.3. The van der Waals surface area contributed by atoms with Crippen LogP contribution in [0.2, 0.25) is 0 Å². The van der Waals surface area contributed by atoms with Crippen LogP contribution in [0, 0.1) is 22.7 Å². The van der Waals surface area contributed by atoms with Gasteiger partial charge in [-0.05, 0) is 17.8 Å². The Kier molecular flexibility index (Phi) is 1.66. The van der Waals surface area contributed by atoms with Crippen LogP contribution in [-0.4, -0.2) is 52.1 Å². The van der Waals surface area contributed by atoms with Crippen LogP contribution in [0.25, 0.3) is 0 Å². The topological polar surface area (TPSA) is 82.6 Å². The summed E-state index contributed by atoms with van der Waals surface area (Å²) in [6.45, 7) is 6.46. The lowest BCUT2D eigenvalue weighted by molar-refractivity contribution is -0.135. The summed E-state index contributed by atoms with van der Waals surface area (Å²) in [6.07, 6.45) is -0.974. The van der Waals surface area contributed by atoms with E-state index in [1.807, 2.05) is 20.8 Å². The van der Waals surface area contributed by atoms with Crippen molar-refractivity contribution in [3.8, 4) is 0 Å². The Labute approximate surface area is 117 Å². The molecule has 0 aromatic rings. The maximum Gasteiger partial charge on any atom is 0.199 e. The van der Waals surface area contributed by atoms with Crippen LogP contribution in [-0.2, 0) is 14.3 Å². The van der Waals surface area contributed by atoms with Crippen molar-refractivity contribution >= 4 is 5.78 Å². The zero-order valence-corrected chi connectivity index (χ0v) is 11.9. The van der Waals surface area contributed by atoms with Crippen LogP contribution < -0.4 is 0 Å². The van der Waals surface area contributed by atoms with E-state index in [9.17, 15) is 15.0 Å². The van der Waals surface area contributed by atoms with E-state index >= 15 is 0 Å². The summed E-state index contributed by atoms with van der Waals surface area (Å²) in [6, 6.07) is 0. The van der Waals surface area contributed by atoms with E-state index in [0.29, 0.717) is 6.61 Å². The van der Waals surface area contributed by atoms with Crippen LogP contribution in [0.3, 0.4) is 0 Å². The van der Waals surface area contributed by atoms with Gasteiger partial charge in [0, 0.05) is 11.3 Å². The quantitative estimate of drug-likeness (QED) is 0.605. The number of ether oxygens (including phenoxy) is 2. The molecule has 0 aromatic heterocycles. The molecule has 2 unspecified atom stereocenters. The van der Waals surface area contributed by atoms with Gasteiger partial charge in [0.2, 0.25) is 0 Å². The number of aliphatic hydroxyl groups is 2. The van der Waals surface area contributed by atoms with Crippen molar-refractivity contribution in [2.24, 2.45) is 22.7 Å². The number of carbonyl (C=O) groups excluding carboxylic acids is 1. The first kappa shape index (κ1) is 12.1. The summed E-state index contributed by atoms with van der Waals surface area (Å²) >= 11 is 0. The number of aliphatic hydroxyl groups excluding tert-OH is 2. The van der Waals surface area contributed by atoms with E-state index in [1.165, 1.54) is 0 Å². The lowest BCUT2D eigenvalue weighted by Crippen LogP contribution is -2.52. The second kappa shape index (κ2) is 2.74. The lowest BCUT2D eigenvalue weighted by atomic mass is 9.65. The number of epoxide rings is 2. The molecule has 5 aliphatic rings. The molecule has 2 heterocycles. The molecule has 0 radical (unpaired) electrons. The van der Waals surface area contributed by atoms with E-state index in [0.717, 1.165) is 6.42 Å². The minimum atomic E-state index is -0.808. The molecule has 3 aliphatic carbocycles. The van der Waals surface area contributed by atoms with Gasteiger partial charge in [-0.1, -0.05) is 20.8 Å². The van der Waals surface area contributed by atoms with Crippen molar-refractivity contribution in [2.75, 3.05) is 6.61 Å². The zero-order valence-electron chi connectivity index (χ0n) is 11.9. The fraction of sp³-hybridized carbons (Fsp3) is 0.933. The fourth-order valence-electron chi connectivity index (χ4n) is 6.11. The Morgan fingerprint density at radius 1 is 1.20 bits per heavy atom. The smallest absolute Gasteiger partial charge is 0.199 e. The molecule has 8 atom stereocenters. The van der Waals surface area contributed by atoms with Crippen molar-refractivity contribution < 1.29 is 24.5 Å². The molecular weight excluding hydrogens is 260 g/mol. The minimum absolute atomic E-state index is 0.0100. The van der Waals surface area contributed by atoms with E-state index in [2.05, 4.69) is 0 Å². The summed E-state index contributed by atoms with van der Waals surface area (Å²) in [7, 11) is 0. The third-order valence-electron chi connectivity index (χ3n) is 7.24. The average Bonchev–Trinajstić information content (AvgIpc) is 3.24. The highest BCUT2D eigenvalue weighted by atomic mass is 16.7. The van der Waals surface area contributed by atoms with Gasteiger partial charge < -0.3 is 19.7 Å². The molecule has 5 fully saturated rings. The first-order valence-corrected chi connectivity index (χ1v) is 7.46. The lowest BCUT2D eigenvalue weighted by Gasteiger charge is -2.39. The molecule has 0 aromatic carbocycles. The standard InChI is InChI=1S/C15H20O5/c1-12(2)4-6-7(9(12)17)13(3)14(5-19-14)10(18)11-15(13,20-11)8(6)16/h6-9,11,16-17H,4-5H2,1-3H3/t6-,7-,8-,9+,11?,13+,14-,15?/m0/s1. The van der Waals surface area contributed by atoms with E-state index < -0.39 is 34.9 Å². The highest BCUT2D eigenvalue weighted by Crippen LogP contribution is 2.80. The molecule has 20 heavy (non-hydrogen) atoms. The van der Waals surface area contributed by atoms with Gasteiger partial charge in [-0.3, -0.25) is 4.79 Å². The van der Waals surface area contributed by atoms with Gasteiger partial charge >= 0.3 is 0 Å². The van der Waals surface area contributed by atoms with Crippen LogP contribution in [0.1, 0.15) is 27.2 Å². The van der Waals surface area contributed by atoms with E-state index in [-0.39, 0.29) is 23.0 Å². The molecule has 2 saturated heterocycles. The number of Topliss-reactive ketones (excluding diaryl/α,β-unsaturated/α-hetero) is 1. The fourth-order valence-corrected chi connectivity index (χ4v) is 6.11. The molecule has 0 bridgehead atoms. The zero-order chi connectivity index (χ0) is 14.3. The Morgan fingerprint density at radius 3 is 2.45 bits per heavy atom. The number of ketones is 1. The maximum atomic E-state index is 12.5. The number of hydrogen-bond acceptors (Lipinski definition) is 5. The van der Waals surface area contributed by atoms with Crippen molar-refractivity contribution in [3.05, 3.63) is 0 Å². The molecule has 110 valence electrons. The Bertz CT molecular complexity index is 552. The number of hydrogen-bond donors (Lipinski definition) is 2. The summed E-state index contributed by atoms with van der Waals surface area (Å²) in [5.41, 5.74) is -2.45. The third kappa shape index (κ3) is 0.815. The molecule has 5 heteroatoms. The predicted octanol–water partition coefficient (Wildman–Crippen LogP) is -0.120. The van der Waals surface area contributed by atoms with Crippen LogP contribution in [0.5, 0.6) is 0 Å². The van der Waals surface area contributed by atoms with Gasteiger partial charge in [-0.15, -0.1) is 0 Å². The van der Waals surface area contributed by atoms with Crippen LogP contribution in [0.4, 0.5) is 0 Å². The highest BCUT2D eigenvalue weighted by Gasteiger charge is 2.97. The summed E-state index contributed by atoms with van der Waals surface area (Å²) in [5, 5.41) is 21.6. The first-order valence-electron chi connectivity index (χ1n) is 7.46. The molecule has 2 aliphatic heterocycles. The molecule has 2 spiro atoms. The molecule has 5 nitrogen and oxygen atoms in total. The average molecular weight is 280 g/mol. The number of fused-ring (bicyclic) bond motifs is 3. The molecule has 2 N–H and O–H groups in total. The normalized spacial score (nSPS) is 68.0. The third-order valence-corrected chi connectivity index (χ3v) is 7.24. The summed E-state index contributed by atoms with van der Waals surface area (Å²) in [4.78, 5) is 12.5. The Morgan fingerprint density at radius 2 is 1.85 bits per heavy atom. The number of carbonyl (C=O) groups is 1. The van der Waals surface area contributed by atoms with Crippen LogP contribution >= 0.6 is 0 Å².